The van der Waals surface area contributed by atoms with Gasteiger partial charge in [-0.1, -0.05) is 17.7 Å². The Morgan fingerprint density at radius 1 is 1.50 bits per heavy atom. The Hall–Kier alpha value is -1.53. The molecule has 0 spiro atoms. The second-order valence-corrected chi connectivity index (χ2v) is 4.56. The fourth-order valence-corrected chi connectivity index (χ4v) is 1.30. The van der Waals surface area contributed by atoms with Crippen LogP contribution in [0, 0.1) is 18.3 Å². The number of nitrogens with one attached hydrogen (secondary N) is 1. The number of rotatable bonds is 2. The molecule has 0 unspecified atom stereocenters. The molecule has 0 aliphatic rings. The van der Waals surface area contributed by atoms with E-state index in [2.05, 4.69) is 5.32 Å². The van der Waals surface area contributed by atoms with Crippen molar-refractivity contribution in [3.05, 3.63) is 34.3 Å². The topological polar surface area (TPSA) is 52.9 Å². The van der Waals surface area contributed by atoms with E-state index in [4.69, 9.17) is 16.9 Å². The van der Waals surface area contributed by atoms with Gasteiger partial charge >= 0.3 is 0 Å². The Balaban J connectivity index is 2.91. The van der Waals surface area contributed by atoms with Gasteiger partial charge in [0, 0.05) is 10.6 Å². The lowest BCUT2D eigenvalue weighted by molar-refractivity contribution is 0.0929. The number of nitrogens with zero attached hydrogens (tertiary/aromatic N) is 1. The molecule has 1 aromatic rings. The molecule has 0 fully saturated rings. The summed E-state index contributed by atoms with van der Waals surface area (Å²) in [6, 6.07) is 7.06. The van der Waals surface area contributed by atoms with Crippen LogP contribution in [0.4, 0.5) is 0 Å². The van der Waals surface area contributed by atoms with E-state index < -0.39 is 5.54 Å². The number of aryl methyl sites for hydroxylation is 1. The van der Waals surface area contributed by atoms with E-state index in [1.165, 1.54) is 0 Å². The van der Waals surface area contributed by atoms with Gasteiger partial charge in [0.2, 0.25) is 0 Å². The van der Waals surface area contributed by atoms with Crippen LogP contribution in [0.15, 0.2) is 18.2 Å². The fourth-order valence-electron chi connectivity index (χ4n) is 1.12. The smallest absolute Gasteiger partial charge is 0.252 e. The third kappa shape index (κ3) is 2.98. The van der Waals surface area contributed by atoms with E-state index in [9.17, 15) is 4.79 Å². The number of nitriles is 1. The molecule has 0 aliphatic heterocycles. The molecule has 0 atom stereocenters. The lowest BCUT2D eigenvalue weighted by Crippen LogP contribution is -2.42. The minimum Gasteiger partial charge on any atom is -0.334 e. The maximum atomic E-state index is 11.8. The summed E-state index contributed by atoms with van der Waals surface area (Å²) in [5.41, 5.74) is 0.491. The number of hydrogen-bond acceptors (Lipinski definition) is 2. The highest BCUT2D eigenvalue weighted by molar-refractivity contribution is 6.31. The summed E-state index contributed by atoms with van der Waals surface area (Å²) in [6.45, 7) is 5.14. The van der Waals surface area contributed by atoms with Crippen molar-refractivity contribution in [2.45, 2.75) is 26.3 Å². The Bertz CT molecular complexity index is 461. The summed E-state index contributed by atoms with van der Waals surface area (Å²) in [7, 11) is 0. The first-order valence-corrected chi connectivity index (χ1v) is 5.23. The van der Waals surface area contributed by atoms with Gasteiger partial charge in [0.05, 0.1) is 6.07 Å². The highest BCUT2D eigenvalue weighted by Gasteiger charge is 2.20. The molecule has 4 heteroatoms. The molecule has 0 aliphatic carbocycles. The van der Waals surface area contributed by atoms with Gasteiger partial charge < -0.3 is 5.32 Å². The lowest BCUT2D eigenvalue weighted by Gasteiger charge is -2.17. The zero-order valence-corrected chi connectivity index (χ0v) is 10.2. The highest BCUT2D eigenvalue weighted by Crippen LogP contribution is 2.17. The largest absolute Gasteiger partial charge is 0.334 e. The molecule has 0 aromatic heterocycles. The Labute approximate surface area is 100 Å². The monoisotopic (exact) mass is 236 g/mol. The number of halogens is 1. The van der Waals surface area contributed by atoms with Crippen molar-refractivity contribution in [3.63, 3.8) is 0 Å². The molecular weight excluding hydrogens is 224 g/mol. The summed E-state index contributed by atoms with van der Waals surface area (Å²) in [6.07, 6.45) is 0. The standard InChI is InChI=1S/C12H13ClN2O/c1-8-4-5-9(6-10(8)13)11(16)15-12(2,3)7-14/h4-6H,1-3H3,(H,15,16). The van der Waals surface area contributed by atoms with Crippen LogP contribution in [0.25, 0.3) is 0 Å². The third-order valence-electron chi connectivity index (χ3n) is 2.14. The molecule has 84 valence electrons. The van der Waals surface area contributed by atoms with Crippen molar-refractivity contribution in [2.75, 3.05) is 0 Å². The first-order chi connectivity index (χ1) is 7.35. The van der Waals surface area contributed by atoms with E-state index >= 15 is 0 Å². The molecule has 1 amide bonds. The molecule has 1 aromatic carbocycles. The van der Waals surface area contributed by atoms with E-state index in [0.29, 0.717) is 10.6 Å². The normalized spacial score (nSPS) is 10.7. The van der Waals surface area contributed by atoms with Crippen LogP contribution < -0.4 is 5.32 Å². The van der Waals surface area contributed by atoms with Gasteiger partial charge in [0.15, 0.2) is 0 Å². The second kappa shape index (κ2) is 4.54. The number of carbonyl (C=O) groups is 1. The number of hydrogen-bond donors (Lipinski definition) is 1. The minimum atomic E-state index is -0.881. The van der Waals surface area contributed by atoms with Crippen LogP contribution >= 0.6 is 11.6 Å². The molecule has 16 heavy (non-hydrogen) atoms. The van der Waals surface area contributed by atoms with Gasteiger partial charge in [-0.2, -0.15) is 5.26 Å². The summed E-state index contributed by atoms with van der Waals surface area (Å²) in [5, 5.41) is 12.0. The molecule has 0 saturated heterocycles. The summed E-state index contributed by atoms with van der Waals surface area (Å²) in [5.74, 6) is -0.298. The summed E-state index contributed by atoms with van der Waals surface area (Å²) in [4.78, 5) is 11.8. The molecule has 1 rings (SSSR count). The van der Waals surface area contributed by atoms with Crippen molar-refractivity contribution < 1.29 is 4.79 Å². The first-order valence-electron chi connectivity index (χ1n) is 4.85. The molecule has 1 N–H and O–H groups in total. The molecule has 0 heterocycles. The average molecular weight is 237 g/mol. The Morgan fingerprint density at radius 3 is 2.62 bits per heavy atom. The fraction of sp³-hybridized carbons (Fsp3) is 0.333. The number of amides is 1. The van der Waals surface area contributed by atoms with E-state index in [-0.39, 0.29) is 5.91 Å². The van der Waals surface area contributed by atoms with Gasteiger partial charge in [0.25, 0.3) is 5.91 Å². The van der Waals surface area contributed by atoms with Crippen LogP contribution in [0.3, 0.4) is 0 Å². The minimum absolute atomic E-state index is 0.298. The predicted octanol–water partition coefficient (Wildman–Crippen LogP) is 2.68. The summed E-state index contributed by atoms with van der Waals surface area (Å²) >= 11 is 5.92. The molecule has 0 bridgehead atoms. The van der Waals surface area contributed by atoms with E-state index in [1.54, 1.807) is 32.0 Å². The summed E-state index contributed by atoms with van der Waals surface area (Å²) < 4.78 is 0. The quantitative estimate of drug-likeness (QED) is 0.858. The predicted molar refractivity (Wildman–Crippen MR) is 63.3 cm³/mol. The zero-order chi connectivity index (χ0) is 12.3. The maximum absolute atomic E-state index is 11.8. The second-order valence-electron chi connectivity index (χ2n) is 4.15. The Morgan fingerprint density at radius 2 is 2.12 bits per heavy atom. The van der Waals surface area contributed by atoms with Crippen LogP contribution in [0.1, 0.15) is 29.8 Å². The van der Waals surface area contributed by atoms with Crippen molar-refractivity contribution >= 4 is 17.5 Å². The zero-order valence-electron chi connectivity index (χ0n) is 9.47. The van der Waals surface area contributed by atoms with Gasteiger partial charge in [0.1, 0.15) is 5.54 Å². The van der Waals surface area contributed by atoms with Crippen molar-refractivity contribution in [3.8, 4) is 6.07 Å². The Kier molecular flexibility index (Phi) is 3.56. The van der Waals surface area contributed by atoms with Crippen molar-refractivity contribution in [2.24, 2.45) is 0 Å². The average Bonchev–Trinajstić information content (AvgIpc) is 2.21. The van der Waals surface area contributed by atoms with Gasteiger partial charge in [-0.15, -0.1) is 0 Å². The SMILES string of the molecule is Cc1ccc(C(=O)NC(C)(C)C#N)cc1Cl. The lowest BCUT2D eigenvalue weighted by atomic mass is 10.1. The van der Waals surface area contributed by atoms with Gasteiger partial charge in [-0.3, -0.25) is 4.79 Å². The van der Waals surface area contributed by atoms with Gasteiger partial charge in [-0.05, 0) is 38.5 Å². The molecule has 3 nitrogen and oxygen atoms in total. The molecule has 0 saturated carbocycles. The van der Waals surface area contributed by atoms with Gasteiger partial charge in [-0.25, -0.2) is 0 Å². The highest BCUT2D eigenvalue weighted by atomic mass is 35.5. The molecular formula is C12H13ClN2O. The first kappa shape index (κ1) is 12.5. The van der Waals surface area contributed by atoms with Crippen LogP contribution in [-0.4, -0.2) is 11.4 Å². The van der Waals surface area contributed by atoms with Crippen molar-refractivity contribution in [1.82, 2.24) is 5.32 Å². The third-order valence-corrected chi connectivity index (χ3v) is 2.55. The van der Waals surface area contributed by atoms with Crippen molar-refractivity contribution in [1.29, 1.82) is 5.26 Å². The number of carbonyl (C=O) groups excluding carboxylic acids is 1. The number of benzene rings is 1. The molecule has 0 radical (unpaired) electrons. The van der Waals surface area contributed by atoms with Crippen LogP contribution in [0.5, 0.6) is 0 Å². The van der Waals surface area contributed by atoms with E-state index in [1.807, 2.05) is 13.0 Å². The maximum Gasteiger partial charge on any atom is 0.252 e. The van der Waals surface area contributed by atoms with Crippen LogP contribution in [-0.2, 0) is 0 Å². The van der Waals surface area contributed by atoms with E-state index in [0.717, 1.165) is 5.56 Å². The van der Waals surface area contributed by atoms with Crippen LogP contribution in [0.2, 0.25) is 5.02 Å².